The Labute approximate surface area is 133 Å². The van der Waals surface area contributed by atoms with Crippen LogP contribution in [0, 0.1) is 5.82 Å². The van der Waals surface area contributed by atoms with Gasteiger partial charge in [-0.05, 0) is 55.5 Å². The second-order valence-corrected chi connectivity index (χ2v) is 5.28. The molecule has 23 heavy (non-hydrogen) atoms. The number of hydrogen-bond acceptors (Lipinski definition) is 3. The van der Waals surface area contributed by atoms with Crippen molar-refractivity contribution >= 4 is 5.91 Å². The van der Waals surface area contributed by atoms with Crippen LogP contribution in [0.4, 0.5) is 4.39 Å². The highest BCUT2D eigenvalue weighted by Gasteiger charge is 2.23. The lowest BCUT2D eigenvalue weighted by Crippen LogP contribution is -2.29. The van der Waals surface area contributed by atoms with Gasteiger partial charge < -0.3 is 13.7 Å². The second-order valence-electron chi connectivity index (χ2n) is 5.28. The van der Waals surface area contributed by atoms with Gasteiger partial charge in [0.2, 0.25) is 0 Å². The average Bonchev–Trinajstić information content (AvgIpc) is 3.25. The van der Waals surface area contributed by atoms with Crippen LogP contribution >= 0.6 is 0 Å². The summed E-state index contributed by atoms with van der Waals surface area (Å²) in [5.74, 6) is 0.884. The molecule has 1 aromatic carbocycles. The van der Waals surface area contributed by atoms with Gasteiger partial charge in [-0.2, -0.15) is 0 Å². The highest BCUT2D eigenvalue weighted by atomic mass is 19.1. The van der Waals surface area contributed by atoms with Crippen LogP contribution < -0.4 is 0 Å². The van der Waals surface area contributed by atoms with Crippen molar-refractivity contribution in [2.75, 3.05) is 7.05 Å². The van der Waals surface area contributed by atoms with Gasteiger partial charge in [0.05, 0.1) is 12.3 Å². The van der Waals surface area contributed by atoms with Gasteiger partial charge in [0.15, 0.2) is 5.76 Å². The number of halogens is 1. The summed E-state index contributed by atoms with van der Waals surface area (Å²) in [6.07, 6.45) is 1.57. The van der Waals surface area contributed by atoms with E-state index in [2.05, 4.69) is 0 Å². The molecule has 0 aliphatic heterocycles. The Morgan fingerprint density at radius 1 is 1.13 bits per heavy atom. The van der Waals surface area contributed by atoms with E-state index in [0.717, 1.165) is 0 Å². The molecule has 3 rings (SSSR count). The van der Waals surface area contributed by atoms with Gasteiger partial charge in [-0.25, -0.2) is 4.39 Å². The molecule has 2 heterocycles. The Bertz CT molecular complexity index is 790. The third-order valence-electron chi connectivity index (χ3n) is 3.80. The molecule has 1 atom stereocenters. The van der Waals surface area contributed by atoms with Gasteiger partial charge >= 0.3 is 0 Å². The normalized spacial score (nSPS) is 12.1. The summed E-state index contributed by atoms with van der Waals surface area (Å²) in [6.45, 7) is 1.88. The van der Waals surface area contributed by atoms with Crippen molar-refractivity contribution in [3.8, 4) is 11.3 Å². The first-order chi connectivity index (χ1) is 11.1. The van der Waals surface area contributed by atoms with Crippen molar-refractivity contribution in [1.29, 1.82) is 0 Å². The van der Waals surface area contributed by atoms with E-state index in [-0.39, 0.29) is 23.5 Å². The van der Waals surface area contributed by atoms with Gasteiger partial charge in [-0.15, -0.1) is 0 Å². The first kappa shape index (κ1) is 15.1. The fourth-order valence-electron chi connectivity index (χ4n) is 2.29. The van der Waals surface area contributed by atoms with Gasteiger partial charge in [0.25, 0.3) is 5.91 Å². The standard InChI is InChI=1S/C18H16FNO3/c1-12(15-4-3-11-22-15)20(2)18(21)17-10-9-16(23-17)13-5-7-14(19)8-6-13/h3-12H,1-2H3. The number of hydrogen-bond donors (Lipinski definition) is 0. The highest BCUT2D eigenvalue weighted by molar-refractivity contribution is 5.92. The van der Waals surface area contributed by atoms with Crippen molar-refractivity contribution < 1.29 is 18.0 Å². The Kier molecular flexibility index (Phi) is 4.02. The molecule has 1 unspecified atom stereocenters. The number of furan rings is 2. The topological polar surface area (TPSA) is 46.6 Å². The number of amides is 1. The molecule has 0 N–H and O–H groups in total. The third kappa shape index (κ3) is 3.04. The molecule has 0 bridgehead atoms. The van der Waals surface area contributed by atoms with Crippen LogP contribution in [0.25, 0.3) is 11.3 Å². The molecule has 118 valence electrons. The van der Waals surface area contributed by atoms with Crippen molar-refractivity contribution in [3.05, 3.63) is 72.1 Å². The zero-order valence-corrected chi connectivity index (χ0v) is 12.8. The molecule has 2 aromatic heterocycles. The van der Waals surface area contributed by atoms with Crippen LogP contribution in [0.5, 0.6) is 0 Å². The van der Waals surface area contributed by atoms with Crippen LogP contribution in [-0.4, -0.2) is 17.9 Å². The summed E-state index contributed by atoms with van der Waals surface area (Å²) in [6, 6.07) is 12.6. The van der Waals surface area contributed by atoms with Gasteiger partial charge in [0, 0.05) is 12.6 Å². The summed E-state index contributed by atoms with van der Waals surface area (Å²) >= 11 is 0. The summed E-state index contributed by atoms with van der Waals surface area (Å²) < 4.78 is 23.9. The Balaban J connectivity index is 1.79. The zero-order chi connectivity index (χ0) is 16.4. The molecule has 3 aromatic rings. The molecule has 4 nitrogen and oxygen atoms in total. The minimum Gasteiger partial charge on any atom is -0.467 e. The molecule has 0 aliphatic carbocycles. The van der Waals surface area contributed by atoms with Crippen LogP contribution in [0.2, 0.25) is 0 Å². The van der Waals surface area contributed by atoms with E-state index in [1.165, 1.54) is 12.1 Å². The van der Waals surface area contributed by atoms with E-state index < -0.39 is 0 Å². The summed E-state index contributed by atoms with van der Waals surface area (Å²) in [5.41, 5.74) is 0.715. The maximum atomic E-state index is 13.0. The molecule has 0 spiro atoms. The van der Waals surface area contributed by atoms with Crippen molar-refractivity contribution in [2.24, 2.45) is 0 Å². The SMILES string of the molecule is CC(c1ccco1)N(C)C(=O)c1ccc(-c2ccc(F)cc2)o1. The predicted octanol–water partition coefficient (Wildman–Crippen LogP) is 4.51. The molecule has 5 heteroatoms. The lowest BCUT2D eigenvalue weighted by molar-refractivity contribution is 0.0695. The number of carbonyl (C=O) groups is 1. The predicted molar refractivity (Wildman–Crippen MR) is 83.3 cm³/mol. The minimum absolute atomic E-state index is 0.211. The Morgan fingerprint density at radius 3 is 2.52 bits per heavy atom. The molecule has 1 amide bonds. The number of benzene rings is 1. The number of carbonyl (C=O) groups excluding carboxylic acids is 1. The lowest BCUT2D eigenvalue weighted by atomic mass is 10.2. The highest BCUT2D eigenvalue weighted by Crippen LogP contribution is 2.25. The van der Waals surface area contributed by atoms with E-state index in [0.29, 0.717) is 17.1 Å². The molecule has 0 radical (unpaired) electrons. The van der Waals surface area contributed by atoms with Gasteiger partial charge in [0.1, 0.15) is 17.3 Å². The molecular formula is C18H16FNO3. The maximum absolute atomic E-state index is 13.0. The molecule has 0 aliphatic rings. The van der Waals surface area contributed by atoms with E-state index in [1.807, 2.05) is 13.0 Å². The quantitative estimate of drug-likeness (QED) is 0.712. The maximum Gasteiger partial charge on any atom is 0.289 e. The number of nitrogens with zero attached hydrogens (tertiary/aromatic N) is 1. The van der Waals surface area contributed by atoms with Crippen molar-refractivity contribution in [1.82, 2.24) is 4.90 Å². The third-order valence-corrected chi connectivity index (χ3v) is 3.80. The smallest absolute Gasteiger partial charge is 0.289 e. The Morgan fingerprint density at radius 2 is 1.87 bits per heavy atom. The van der Waals surface area contributed by atoms with Crippen LogP contribution in [0.15, 0.2) is 63.6 Å². The van der Waals surface area contributed by atoms with E-state index in [1.54, 1.807) is 48.5 Å². The van der Waals surface area contributed by atoms with Crippen LogP contribution in [0.3, 0.4) is 0 Å². The van der Waals surface area contributed by atoms with Gasteiger partial charge in [-0.1, -0.05) is 0 Å². The van der Waals surface area contributed by atoms with Crippen molar-refractivity contribution in [2.45, 2.75) is 13.0 Å². The first-order valence-electron chi connectivity index (χ1n) is 7.22. The molecular weight excluding hydrogens is 297 g/mol. The fraction of sp³-hybridized carbons (Fsp3) is 0.167. The Hall–Kier alpha value is -2.82. The fourth-order valence-corrected chi connectivity index (χ4v) is 2.29. The molecule has 0 fully saturated rings. The largest absolute Gasteiger partial charge is 0.467 e. The van der Waals surface area contributed by atoms with E-state index in [4.69, 9.17) is 8.83 Å². The molecule has 0 saturated carbocycles. The lowest BCUT2D eigenvalue weighted by Gasteiger charge is -2.22. The summed E-state index contributed by atoms with van der Waals surface area (Å²) in [7, 11) is 1.69. The number of rotatable bonds is 4. The molecule has 0 saturated heterocycles. The average molecular weight is 313 g/mol. The van der Waals surface area contributed by atoms with E-state index >= 15 is 0 Å². The summed E-state index contributed by atoms with van der Waals surface area (Å²) in [5, 5.41) is 0. The van der Waals surface area contributed by atoms with Gasteiger partial charge in [-0.3, -0.25) is 4.79 Å². The zero-order valence-electron chi connectivity index (χ0n) is 12.8. The van der Waals surface area contributed by atoms with Crippen molar-refractivity contribution in [3.63, 3.8) is 0 Å². The monoisotopic (exact) mass is 313 g/mol. The van der Waals surface area contributed by atoms with Crippen LogP contribution in [0.1, 0.15) is 29.3 Å². The van der Waals surface area contributed by atoms with Crippen LogP contribution in [-0.2, 0) is 0 Å². The summed E-state index contributed by atoms with van der Waals surface area (Å²) in [4.78, 5) is 14.1. The second kappa shape index (κ2) is 6.12. The minimum atomic E-state index is -0.316. The van der Waals surface area contributed by atoms with E-state index in [9.17, 15) is 9.18 Å². The first-order valence-corrected chi connectivity index (χ1v) is 7.22.